The third kappa shape index (κ3) is 2.66. The molecule has 0 unspecified atom stereocenters. The van der Waals surface area contributed by atoms with Crippen LogP contribution in [-0.4, -0.2) is 19.7 Å². The third-order valence-corrected chi connectivity index (χ3v) is 3.07. The zero-order chi connectivity index (χ0) is 12.6. The predicted octanol–water partition coefficient (Wildman–Crippen LogP) is 3.51. The number of hydrogen-bond acceptors (Lipinski definition) is 3. The number of rotatable bonds is 2. The van der Waals surface area contributed by atoms with Gasteiger partial charge in [0.2, 0.25) is 0 Å². The van der Waals surface area contributed by atoms with Gasteiger partial charge in [0.1, 0.15) is 10.4 Å². The highest BCUT2D eigenvalue weighted by molar-refractivity contribution is 9.10. The van der Waals surface area contributed by atoms with Crippen LogP contribution < -0.4 is 0 Å². The summed E-state index contributed by atoms with van der Waals surface area (Å²) in [5.41, 5.74) is 0.785. The summed E-state index contributed by atoms with van der Waals surface area (Å²) in [5.74, 6) is 1.75. The molecule has 0 bridgehead atoms. The van der Waals surface area contributed by atoms with Gasteiger partial charge < -0.3 is 0 Å². The van der Waals surface area contributed by atoms with E-state index in [4.69, 9.17) is 11.6 Å². The molecule has 0 spiro atoms. The number of halogens is 2. The SMILES string of the molecule is Cc1nn(-c2cc(Br)nc(C(C)C)n2)cc1Cl. The lowest BCUT2D eigenvalue weighted by Gasteiger charge is -2.07. The van der Waals surface area contributed by atoms with Gasteiger partial charge in [-0.05, 0) is 22.9 Å². The lowest BCUT2D eigenvalue weighted by atomic mass is 10.2. The summed E-state index contributed by atoms with van der Waals surface area (Å²) in [4.78, 5) is 8.78. The van der Waals surface area contributed by atoms with E-state index < -0.39 is 0 Å². The Morgan fingerprint density at radius 3 is 2.59 bits per heavy atom. The molecule has 0 aliphatic carbocycles. The predicted molar refractivity (Wildman–Crippen MR) is 70.7 cm³/mol. The average Bonchev–Trinajstić information content (AvgIpc) is 2.58. The molecule has 2 heterocycles. The maximum atomic E-state index is 5.98. The van der Waals surface area contributed by atoms with E-state index >= 15 is 0 Å². The maximum Gasteiger partial charge on any atom is 0.158 e. The van der Waals surface area contributed by atoms with Crippen molar-refractivity contribution in [2.45, 2.75) is 26.7 Å². The van der Waals surface area contributed by atoms with E-state index in [9.17, 15) is 0 Å². The summed E-state index contributed by atoms with van der Waals surface area (Å²) in [6.07, 6.45) is 1.75. The first-order chi connectivity index (χ1) is 7.97. The Kier molecular flexibility index (Phi) is 3.49. The van der Waals surface area contributed by atoms with Gasteiger partial charge in [-0.25, -0.2) is 14.6 Å². The van der Waals surface area contributed by atoms with Crippen LogP contribution in [-0.2, 0) is 0 Å². The van der Waals surface area contributed by atoms with E-state index in [0.717, 1.165) is 16.1 Å². The van der Waals surface area contributed by atoms with Gasteiger partial charge in [0.25, 0.3) is 0 Å². The van der Waals surface area contributed by atoms with Crippen molar-refractivity contribution in [3.8, 4) is 5.82 Å². The second-order valence-electron chi connectivity index (χ2n) is 4.07. The highest BCUT2D eigenvalue weighted by Gasteiger charge is 2.10. The van der Waals surface area contributed by atoms with Crippen LogP contribution in [0.2, 0.25) is 5.02 Å². The van der Waals surface area contributed by atoms with E-state index in [2.05, 4.69) is 31.0 Å². The summed E-state index contributed by atoms with van der Waals surface area (Å²) in [7, 11) is 0. The molecule has 17 heavy (non-hydrogen) atoms. The molecule has 6 heteroatoms. The van der Waals surface area contributed by atoms with Gasteiger partial charge in [0, 0.05) is 12.0 Å². The fourth-order valence-electron chi connectivity index (χ4n) is 1.35. The Balaban J connectivity index is 2.51. The molecule has 0 atom stereocenters. The normalized spacial score (nSPS) is 11.2. The smallest absolute Gasteiger partial charge is 0.158 e. The summed E-state index contributed by atoms with van der Waals surface area (Å²) >= 11 is 9.36. The molecule has 0 saturated carbocycles. The van der Waals surface area contributed by atoms with Crippen molar-refractivity contribution in [2.24, 2.45) is 0 Å². The zero-order valence-corrected chi connectivity index (χ0v) is 12.1. The quantitative estimate of drug-likeness (QED) is 0.797. The number of aromatic nitrogens is 4. The molecule has 90 valence electrons. The Labute approximate surface area is 113 Å². The molecule has 0 aliphatic rings. The Morgan fingerprint density at radius 1 is 1.35 bits per heavy atom. The Bertz CT molecular complexity index is 531. The van der Waals surface area contributed by atoms with Gasteiger partial charge in [0.15, 0.2) is 5.82 Å². The van der Waals surface area contributed by atoms with Gasteiger partial charge in [-0.2, -0.15) is 5.10 Å². The van der Waals surface area contributed by atoms with Crippen LogP contribution in [0, 0.1) is 6.92 Å². The summed E-state index contributed by atoms with van der Waals surface area (Å²) in [6, 6.07) is 1.81. The minimum atomic E-state index is 0.262. The van der Waals surface area contributed by atoms with Crippen molar-refractivity contribution < 1.29 is 0 Å². The molecule has 0 fully saturated rings. The van der Waals surface area contributed by atoms with Gasteiger partial charge in [0.05, 0.1) is 16.9 Å². The molecule has 0 N–H and O–H groups in total. The van der Waals surface area contributed by atoms with Crippen LogP contribution in [0.15, 0.2) is 16.9 Å². The first-order valence-corrected chi connectivity index (χ1v) is 6.41. The number of nitrogens with zero attached hydrogens (tertiary/aromatic N) is 4. The summed E-state index contributed by atoms with van der Waals surface area (Å²) in [5, 5.41) is 4.93. The van der Waals surface area contributed by atoms with Crippen molar-refractivity contribution in [2.75, 3.05) is 0 Å². The lowest BCUT2D eigenvalue weighted by molar-refractivity contribution is 0.738. The molecule has 4 nitrogen and oxygen atoms in total. The van der Waals surface area contributed by atoms with Crippen molar-refractivity contribution in [1.29, 1.82) is 0 Å². The minimum Gasteiger partial charge on any atom is -0.226 e. The Hall–Kier alpha value is -0.940. The first kappa shape index (κ1) is 12.5. The van der Waals surface area contributed by atoms with E-state index in [1.165, 1.54) is 0 Å². The molecule has 0 aliphatic heterocycles. The third-order valence-electron chi connectivity index (χ3n) is 2.29. The van der Waals surface area contributed by atoms with Gasteiger partial charge in [-0.3, -0.25) is 0 Å². The molecular weight excluding hydrogens is 304 g/mol. The van der Waals surface area contributed by atoms with Gasteiger partial charge in [-0.1, -0.05) is 25.4 Å². The fraction of sp³-hybridized carbons (Fsp3) is 0.364. The van der Waals surface area contributed by atoms with E-state index in [0.29, 0.717) is 10.8 Å². The van der Waals surface area contributed by atoms with Crippen LogP contribution in [0.5, 0.6) is 0 Å². The molecule has 2 aromatic rings. The van der Waals surface area contributed by atoms with Crippen molar-refractivity contribution in [3.63, 3.8) is 0 Å². The number of aryl methyl sites for hydroxylation is 1. The van der Waals surface area contributed by atoms with Crippen LogP contribution in [0.3, 0.4) is 0 Å². The van der Waals surface area contributed by atoms with Crippen molar-refractivity contribution in [1.82, 2.24) is 19.7 Å². The van der Waals surface area contributed by atoms with Gasteiger partial charge >= 0.3 is 0 Å². The monoisotopic (exact) mass is 314 g/mol. The van der Waals surface area contributed by atoms with Crippen LogP contribution in [0.1, 0.15) is 31.3 Å². The molecule has 2 aromatic heterocycles. The Morgan fingerprint density at radius 2 is 2.06 bits per heavy atom. The first-order valence-electron chi connectivity index (χ1n) is 5.24. The summed E-state index contributed by atoms with van der Waals surface area (Å²) in [6.45, 7) is 5.96. The topological polar surface area (TPSA) is 43.6 Å². The highest BCUT2D eigenvalue weighted by Crippen LogP contribution is 2.19. The molecule has 0 aromatic carbocycles. The fourth-order valence-corrected chi connectivity index (χ4v) is 1.87. The van der Waals surface area contributed by atoms with Crippen LogP contribution >= 0.6 is 27.5 Å². The molecule has 0 saturated heterocycles. The standard InChI is InChI=1S/C11H12BrClN4/c1-6(2)11-14-9(12)4-10(15-11)17-5-8(13)7(3)16-17/h4-6H,1-3H3. The second kappa shape index (κ2) is 4.74. The largest absolute Gasteiger partial charge is 0.226 e. The molecule has 0 radical (unpaired) electrons. The molecule has 2 rings (SSSR count). The number of hydrogen-bond donors (Lipinski definition) is 0. The minimum absolute atomic E-state index is 0.262. The van der Waals surface area contributed by atoms with Crippen molar-refractivity contribution in [3.05, 3.63) is 33.4 Å². The average molecular weight is 316 g/mol. The van der Waals surface area contributed by atoms with E-state index in [1.807, 2.05) is 26.8 Å². The van der Waals surface area contributed by atoms with E-state index in [-0.39, 0.29) is 5.92 Å². The summed E-state index contributed by atoms with van der Waals surface area (Å²) < 4.78 is 2.41. The van der Waals surface area contributed by atoms with Crippen LogP contribution in [0.4, 0.5) is 0 Å². The second-order valence-corrected chi connectivity index (χ2v) is 5.29. The maximum absolute atomic E-state index is 5.98. The zero-order valence-electron chi connectivity index (χ0n) is 9.78. The van der Waals surface area contributed by atoms with Crippen LogP contribution in [0.25, 0.3) is 5.82 Å². The van der Waals surface area contributed by atoms with Gasteiger partial charge in [-0.15, -0.1) is 0 Å². The molecule has 0 amide bonds. The van der Waals surface area contributed by atoms with E-state index in [1.54, 1.807) is 10.9 Å². The van der Waals surface area contributed by atoms with Crippen molar-refractivity contribution >= 4 is 27.5 Å². The molecular formula is C11H12BrClN4. The lowest BCUT2D eigenvalue weighted by Crippen LogP contribution is -2.05. The highest BCUT2D eigenvalue weighted by atomic mass is 79.9.